The number of quaternary nitrogens is 1. The van der Waals surface area contributed by atoms with Crippen LogP contribution in [-0.2, 0) is 16.4 Å². The number of nitrogens with zero attached hydrogens (tertiary/aromatic N) is 4. The maximum Gasteiger partial charge on any atom is 0.244 e. The third-order valence-electron chi connectivity index (χ3n) is 4.42. The maximum absolute atomic E-state index is 12.3. The van der Waals surface area contributed by atoms with Crippen molar-refractivity contribution >= 4 is 44.6 Å². The molecule has 12 heteroatoms. The van der Waals surface area contributed by atoms with E-state index >= 15 is 0 Å². The van der Waals surface area contributed by atoms with Gasteiger partial charge in [-0.05, 0) is 42.8 Å². The Labute approximate surface area is 206 Å². The van der Waals surface area contributed by atoms with Gasteiger partial charge >= 0.3 is 0 Å². The molecule has 2 rings (SSSR count). The lowest BCUT2D eigenvalue weighted by Gasteiger charge is -2.22. The number of rotatable bonds is 10. The van der Waals surface area contributed by atoms with E-state index in [9.17, 15) is 8.42 Å². The van der Waals surface area contributed by atoms with E-state index in [4.69, 9.17) is 29.0 Å². The molecule has 0 heterocycles. The van der Waals surface area contributed by atoms with E-state index in [2.05, 4.69) is 15.5 Å². The molecule has 0 aromatic heterocycles. The van der Waals surface area contributed by atoms with Crippen molar-refractivity contribution in [3.8, 4) is 0 Å². The molecule has 0 unspecified atom stereocenters. The van der Waals surface area contributed by atoms with E-state index in [1.54, 1.807) is 0 Å². The first-order chi connectivity index (χ1) is 14.4. The molecule has 0 bridgehead atoms. The van der Waals surface area contributed by atoms with Crippen LogP contribution in [0.5, 0.6) is 0 Å². The van der Waals surface area contributed by atoms with Crippen molar-refractivity contribution < 1.29 is 25.4 Å². The second-order valence-electron chi connectivity index (χ2n) is 7.89. The molecular weight excluding hydrogens is 495 g/mol. The third-order valence-corrected chi connectivity index (χ3v) is 7.01. The average Bonchev–Trinajstić information content (AvgIpc) is 2.68. The molecule has 32 heavy (non-hydrogen) atoms. The monoisotopic (exact) mass is 522 g/mol. The average molecular weight is 524 g/mol. The molecule has 3 N–H and O–H groups in total. The van der Waals surface area contributed by atoms with Crippen molar-refractivity contribution in [2.75, 3.05) is 47.8 Å². The van der Waals surface area contributed by atoms with Crippen molar-refractivity contribution in [1.29, 1.82) is 0 Å². The zero-order valence-electron chi connectivity index (χ0n) is 18.5. The van der Waals surface area contributed by atoms with Gasteiger partial charge in [-0.25, -0.2) is 12.7 Å². The summed E-state index contributed by atoms with van der Waals surface area (Å²) in [6.45, 7) is 2.57. The smallest absolute Gasteiger partial charge is 0.244 e. The molecule has 0 aliphatic heterocycles. The van der Waals surface area contributed by atoms with Crippen molar-refractivity contribution in [2.24, 2.45) is 16.1 Å². The van der Waals surface area contributed by atoms with E-state index in [-0.39, 0.29) is 27.3 Å². The van der Waals surface area contributed by atoms with Crippen LogP contribution in [0.1, 0.15) is 5.56 Å². The lowest BCUT2D eigenvalue weighted by molar-refractivity contribution is -0.901. The number of hydrogen-bond donors (Lipinski definition) is 2. The quantitative estimate of drug-likeness (QED) is 0.158. The van der Waals surface area contributed by atoms with Crippen molar-refractivity contribution in [2.45, 2.75) is 11.3 Å². The van der Waals surface area contributed by atoms with Crippen LogP contribution >= 0.6 is 23.2 Å². The van der Waals surface area contributed by atoms with Crippen LogP contribution in [-0.4, -0.2) is 65.1 Å². The fraction of sp³-hybridized carbons (Fsp3) is 0.400. The second-order valence-corrected chi connectivity index (χ2v) is 10.8. The number of nitrogens with one attached hydrogen (secondary N) is 1. The highest BCUT2D eigenvalue weighted by atomic mass is 35.5. The molecule has 0 saturated heterocycles. The number of benzene rings is 2. The molecule has 2 aromatic rings. The molecule has 0 radical (unpaired) electrons. The van der Waals surface area contributed by atoms with Crippen LogP contribution in [0.4, 0.5) is 11.4 Å². The molecule has 0 atom stereocenters. The minimum atomic E-state index is -3.71. The first-order valence-corrected chi connectivity index (χ1v) is 11.8. The third kappa shape index (κ3) is 8.57. The summed E-state index contributed by atoms with van der Waals surface area (Å²) >= 11 is 12.4. The predicted molar refractivity (Wildman–Crippen MR) is 126 cm³/mol. The van der Waals surface area contributed by atoms with Gasteiger partial charge in [0.2, 0.25) is 10.0 Å². The summed E-state index contributed by atoms with van der Waals surface area (Å²) in [5, 5.41) is 11.8. The standard InChI is InChI=1S/C20H29Cl2N6O2S.ClH/c1-27(2)31(29,30)20-14-17(21)19(13-18(20)22)26-25-16-7-5-15(6-8-16)9-10-24-11-12-28(3,4)23;/h5-8,13-14,24H,9-12,23H2,1-4H3;1H/q+1;/p-1. The number of hydrogen-bond acceptors (Lipinski definition) is 6. The van der Waals surface area contributed by atoms with Crippen LogP contribution in [0.15, 0.2) is 51.5 Å². The highest BCUT2D eigenvalue weighted by Crippen LogP contribution is 2.35. The van der Waals surface area contributed by atoms with Crippen molar-refractivity contribution in [1.82, 2.24) is 9.62 Å². The van der Waals surface area contributed by atoms with E-state index in [0.717, 1.165) is 30.4 Å². The summed E-state index contributed by atoms with van der Waals surface area (Å²) in [5.74, 6) is 5.91. The molecular formula is C20H29Cl3N6O2S. The second kappa shape index (κ2) is 12.2. The summed E-state index contributed by atoms with van der Waals surface area (Å²) in [4.78, 5) is -0.0740. The molecule has 0 aliphatic carbocycles. The van der Waals surface area contributed by atoms with Crippen LogP contribution < -0.4 is 23.6 Å². The maximum atomic E-state index is 12.3. The number of halogens is 3. The van der Waals surface area contributed by atoms with E-state index in [1.165, 1.54) is 31.8 Å². The summed E-state index contributed by atoms with van der Waals surface area (Å²) < 4.78 is 26.1. The minimum Gasteiger partial charge on any atom is -1.00 e. The highest BCUT2D eigenvalue weighted by molar-refractivity contribution is 7.89. The van der Waals surface area contributed by atoms with Crippen molar-refractivity contribution in [3.63, 3.8) is 0 Å². The van der Waals surface area contributed by atoms with Crippen LogP contribution in [0.25, 0.3) is 0 Å². The van der Waals surface area contributed by atoms with Gasteiger partial charge in [0.25, 0.3) is 0 Å². The number of likely N-dealkylation sites (N-methyl/N-ethyl adjacent to an activating group) is 1. The molecule has 0 aliphatic rings. The SMILES string of the molecule is CN(C)S(=O)(=O)c1cc(Cl)c(N=Nc2ccc(CCNCC[N+](C)(C)N)cc2)cc1Cl.[Cl-]. The Hall–Kier alpha value is -1.30. The predicted octanol–water partition coefficient (Wildman–Crippen LogP) is 0.745. The summed E-state index contributed by atoms with van der Waals surface area (Å²) in [6.07, 6.45) is 0.888. The van der Waals surface area contributed by atoms with Gasteiger partial charge in [0.1, 0.15) is 17.1 Å². The number of nitrogens with two attached hydrogens (primary N) is 1. The highest BCUT2D eigenvalue weighted by Gasteiger charge is 2.22. The number of azo groups is 1. The van der Waals surface area contributed by atoms with E-state index in [1.807, 2.05) is 38.4 Å². The van der Waals surface area contributed by atoms with Gasteiger partial charge in [0, 0.05) is 20.6 Å². The lowest BCUT2D eigenvalue weighted by Crippen LogP contribution is -3.00. The Morgan fingerprint density at radius 2 is 1.66 bits per heavy atom. The van der Waals surface area contributed by atoms with Gasteiger partial charge in [0.05, 0.1) is 29.8 Å². The first-order valence-electron chi connectivity index (χ1n) is 9.65. The Morgan fingerprint density at radius 1 is 1.03 bits per heavy atom. The van der Waals surface area contributed by atoms with Gasteiger partial charge in [-0.15, -0.1) is 5.11 Å². The summed E-state index contributed by atoms with van der Waals surface area (Å²) in [5.41, 5.74) is 2.11. The Morgan fingerprint density at radius 3 is 2.22 bits per heavy atom. The van der Waals surface area contributed by atoms with E-state index < -0.39 is 10.0 Å². The minimum absolute atomic E-state index is 0. The molecule has 0 amide bonds. The molecule has 8 nitrogen and oxygen atoms in total. The van der Waals surface area contributed by atoms with Crippen LogP contribution in [0, 0.1) is 0 Å². The first kappa shape index (κ1) is 28.7. The van der Waals surface area contributed by atoms with Gasteiger partial charge in [-0.2, -0.15) is 11.0 Å². The molecule has 2 aromatic carbocycles. The van der Waals surface area contributed by atoms with Crippen LogP contribution in [0.2, 0.25) is 10.0 Å². The largest absolute Gasteiger partial charge is 1.00 e. The zero-order chi connectivity index (χ0) is 23.2. The molecule has 178 valence electrons. The van der Waals surface area contributed by atoms with Gasteiger partial charge in [0.15, 0.2) is 0 Å². The summed E-state index contributed by atoms with van der Waals surface area (Å²) in [7, 11) is 3.05. The Kier molecular flexibility index (Phi) is 11.0. The molecule has 0 saturated carbocycles. The van der Waals surface area contributed by atoms with Crippen molar-refractivity contribution in [3.05, 3.63) is 52.0 Å². The normalized spacial score (nSPS) is 12.4. The summed E-state index contributed by atoms with van der Waals surface area (Å²) in [6, 6.07) is 10.4. The fourth-order valence-corrected chi connectivity index (χ4v) is 4.24. The van der Waals surface area contributed by atoms with Crippen LogP contribution in [0.3, 0.4) is 0 Å². The molecule has 0 fully saturated rings. The van der Waals surface area contributed by atoms with E-state index in [0.29, 0.717) is 16.0 Å². The Balaban J connectivity index is 0.00000512. The van der Waals surface area contributed by atoms with Gasteiger partial charge < -0.3 is 17.7 Å². The Bertz CT molecular complexity index is 1020. The molecule has 0 spiro atoms. The topological polar surface area (TPSA) is 100 Å². The zero-order valence-corrected chi connectivity index (χ0v) is 21.6. The lowest BCUT2D eigenvalue weighted by atomic mass is 10.1. The number of sulfonamides is 1. The fourth-order valence-electron chi connectivity index (χ4n) is 2.55. The van der Waals surface area contributed by atoms with Gasteiger partial charge in [-0.3, -0.25) is 4.59 Å². The van der Waals surface area contributed by atoms with Gasteiger partial charge in [-0.1, -0.05) is 35.3 Å².